The number of hydrogen-bond acceptors (Lipinski definition) is 3. The Kier molecular flexibility index (Phi) is 4.67. The number of nitrogens with one attached hydrogen (secondary N) is 1. The normalized spacial score (nSPS) is 14.8. The number of rotatable bonds is 5. The summed E-state index contributed by atoms with van der Waals surface area (Å²) in [6.45, 7) is 6.19. The SMILES string of the molecule is CCCNC(c1cc(Br)cc2c1OCC2)c1sccc1C. The molecule has 1 aromatic heterocycles. The third-order valence-corrected chi connectivity index (χ3v) is 5.39. The highest BCUT2D eigenvalue weighted by Crippen LogP contribution is 2.40. The number of ether oxygens (including phenoxy) is 1. The molecule has 0 saturated carbocycles. The van der Waals surface area contributed by atoms with E-state index < -0.39 is 0 Å². The fourth-order valence-corrected chi connectivity index (χ4v) is 4.37. The van der Waals surface area contributed by atoms with Gasteiger partial charge in [-0.15, -0.1) is 11.3 Å². The van der Waals surface area contributed by atoms with Gasteiger partial charge in [-0.2, -0.15) is 0 Å². The first-order valence-electron chi connectivity index (χ1n) is 7.43. The lowest BCUT2D eigenvalue weighted by atomic mass is 9.99. The molecule has 0 aliphatic carbocycles. The monoisotopic (exact) mass is 365 g/mol. The average Bonchev–Trinajstić information content (AvgIpc) is 3.08. The summed E-state index contributed by atoms with van der Waals surface area (Å²) in [6, 6.07) is 6.80. The van der Waals surface area contributed by atoms with E-state index in [2.05, 4.69) is 58.7 Å². The van der Waals surface area contributed by atoms with E-state index in [1.807, 2.05) is 11.3 Å². The molecule has 2 aromatic rings. The van der Waals surface area contributed by atoms with E-state index in [-0.39, 0.29) is 6.04 Å². The summed E-state index contributed by atoms with van der Waals surface area (Å²) in [6.07, 6.45) is 2.13. The summed E-state index contributed by atoms with van der Waals surface area (Å²) in [7, 11) is 0. The largest absolute Gasteiger partial charge is 0.493 e. The van der Waals surface area contributed by atoms with Crippen LogP contribution in [0, 0.1) is 6.92 Å². The van der Waals surface area contributed by atoms with E-state index in [1.165, 1.54) is 21.6 Å². The molecule has 3 rings (SSSR count). The van der Waals surface area contributed by atoms with E-state index in [9.17, 15) is 0 Å². The van der Waals surface area contributed by atoms with Crippen molar-refractivity contribution in [3.8, 4) is 5.75 Å². The molecule has 4 heteroatoms. The molecular formula is C17H20BrNOS. The van der Waals surface area contributed by atoms with Gasteiger partial charge in [0.05, 0.1) is 12.6 Å². The second-order valence-corrected chi connectivity index (χ2v) is 7.30. The van der Waals surface area contributed by atoms with E-state index in [4.69, 9.17) is 4.74 Å². The highest BCUT2D eigenvalue weighted by molar-refractivity contribution is 9.10. The summed E-state index contributed by atoms with van der Waals surface area (Å²) in [4.78, 5) is 1.39. The lowest BCUT2D eigenvalue weighted by molar-refractivity contribution is 0.350. The molecule has 0 fully saturated rings. The topological polar surface area (TPSA) is 21.3 Å². The highest BCUT2D eigenvalue weighted by atomic mass is 79.9. The fourth-order valence-electron chi connectivity index (χ4n) is 2.83. The van der Waals surface area contributed by atoms with Crippen LogP contribution < -0.4 is 10.1 Å². The standard InChI is InChI=1S/C17H20BrNOS/c1-3-6-19-15(17-11(2)5-8-21-17)14-10-13(18)9-12-4-7-20-16(12)14/h5,8-10,15,19H,3-4,6-7H2,1-2H3. The minimum absolute atomic E-state index is 0.217. The summed E-state index contributed by atoms with van der Waals surface area (Å²) in [5.41, 5.74) is 3.92. The maximum Gasteiger partial charge on any atom is 0.127 e. The van der Waals surface area contributed by atoms with Gasteiger partial charge in [0.25, 0.3) is 0 Å². The molecule has 0 saturated heterocycles. The number of benzene rings is 1. The number of halogens is 1. The summed E-state index contributed by atoms with van der Waals surface area (Å²) >= 11 is 5.47. The van der Waals surface area contributed by atoms with Gasteiger partial charge in [0.1, 0.15) is 5.75 Å². The Hall–Kier alpha value is -0.840. The van der Waals surface area contributed by atoms with Crippen molar-refractivity contribution in [2.45, 2.75) is 32.7 Å². The van der Waals surface area contributed by atoms with E-state index in [0.717, 1.165) is 36.2 Å². The van der Waals surface area contributed by atoms with Crippen molar-refractivity contribution in [2.24, 2.45) is 0 Å². The van der Waals surface area contributed by atoms with Crippen molar-refractivity contribution in [3.05, 3.63) is 49.6 Å². The second-order valence-electron chi connectivity index (χ2n) is 5.44. The lowest BCUT2D eigenvalue weighted by Crippen LogP contribution is -2.23. The van der Waals surface area contributed by atoms with Gasteiger partial charge in [-0.1, -0.05) is 22.9 Å². The molecule has 1 aromatic carbocycles. The van der Waals surface area contributed by atoms with E-state index >= 15 is 0 Å². The molecule has 0 amide bonds. The molecule has 1 unspecified atom stereocenters. The van der Waals surface area contributed by atoms with Crippen molar-refractivity contribution in [2.75, 3.05) is 13.2 Å². The molecule has 1 aliphatic rings. The van der Waals surface area contributed by atoms with Crippen molar-refractivity contribution < 1.29 is 4.74 Å². The van der Waals surface area contributed by atoms with Crippen LogP contribution >= 0.6 is 27.3 Å². The van der Waals surface area contributed by atoms with Crippen LogP contribution in [0.25, 0.3) is 0 Å². The van der Waals surface area contributed by atoms with Gasteiger partial charge in [0.15, 0.2) is 0 Å². The minimum Gasteiger partial charge on any atom is -0.493 e. The van der Waals surface area contributed by atoms with E-state index in [0.29, 0.717) is 0 Å². The number of hydrogen-bond donors (Lipinski definition) is 1. The summed E-state index contributed by atoms with van der Waals surface area (Å²) < 4.78 is 7.07. The van der Waals surface area contributed by atoms with Crippen LogP contribution in [0.4, 0.5) is 0 Å². The van der Waals surface area contributed by atoms with Crippen molar-refractivity contribution >= 4 is 27.3 Å². The second kappa shape index (κ2) is 6.51. The van der Waals surface area contributed by atoms with Gasteiger partial charge < -0.3 is 10.1 Å². The van der Waals surface area contributed by atoms with Crippen LogP contribution in [-0.4, -0.2) is 13.2 Å². The molecule has 2 heterocycles. The first-order chi connectivity index (χ1) is 10.2. The Balaban J connectivity index is 2.07. The molecule has 1 aliphatic heterocycles. The Bertz CT molecular complexity index is 638. The lowest BCUT2D eigenvalue weighted by Gasteiger charge is -2.21. The summed E-state index contributed by atoms with van der Waals surface area (Å²) in [5, 5.41) is 5.87. The van der Waals surface area contributed by atoms with Crippen molar-refractivity contribution in [1.82, 2.24) is 5.32 Å². The molecule has 1 N–H and O–H groups in total. The van der Waals surface area contributed by atoms with Crippen molar-refractivity contribution in [1.29, 1.82) is 0 Å². The minimum atomic E-state index is 0.217. The zero-order valence-corrected chi connectivity index (χ0v) is 14.8. The van der Waals surface area contributed by atoms with Gasteiger partial charge >= 0.3 is 0 Å². The Morgan fingerprint density at radius 2 is 2.29 bits per heavy atom. The summed E-state index contributed by atoms with van der Waals surface area (Å²) in [5.74, 6) is 1.08. The zero-order chi connectivity index (χ0) is 14.8. The first-order valence-corrected chi connectivity index (χ1v) is 9.10. The van der Waals surface area contributed by atoms with Crippen LogP contribution in [0.2, 0.25) is 0 Å². The molecule has 1 atom stereocenters. The van der Waals surface area contributed by atoms with Crippen LogP contribution in [0.5, 0.6) is 5.75 Å². The van der Waals surface area contributed by atoms with E-state index in [1.54, 1.807) is 0 Å². The van der Waals surface area contributed by atoms with Gasteiger partial charge in [-0.05, 0) is 54.6 Å². The average molecular weight is 366 g/mol. The molecule has 0 bridgehead atoms. The molecule has 21 heavy (non-hydrogen) atoms. The fraction of sp³-hybridized carbons (Fsp3) is 0.412. The Labute approximate surface area is 138 Å². The smallest absolute Gasteiger partial charge is 0.127 e. The predicted molar refractivity (Wildman–Crippen MR) is 92.5 cm³/mol. The number of fused-ring (bicyclic) bond motifs is 1. The van der Waals surface area contributed by atoms with Crippen LogP contribution in [-0.2, 0) is 6.42 Å². The molecule has 0 radical (unpaired) electrons. The van der Waals surface area contributed by atoms with Crippen LogP contribution in [0.1, 0.15) is 41.0 Å². The maximum absolute atomic E-state index is 5.93. The van der Waals surface area contributed by atoms with Crippen LogP contribution in [0.3, 0.4) is 0 Å². The third-order valence-electron chi connectivity index (χ3n) is 3.85. The van der Waals surface area contributed by atoms with Gasteiger partial charge in [0.2, 0.25) is 0 Å². The van der Waals surface area contributed by atoms with Crippen molar-refractivity contribution in [3.63, 3.8) is 0 Å². The number of aryl methyl sites for hydroxylation is 1. The van der Waals surface area contributed by atoms with Gasteiger partial charge in [-0.3, -0.25) is 0 Å². The number of thiophene rings is 1. The Morgan fingerprint density at radius 1 is 1.43 bits per heavy atom. The quantitative estimate of drug-likeness (QED) is 0.817. The Morgan fingerprint density at radius 3 is 3.00 bits per heavy atom. The third kappa shape index (κ3) is 3.03. The predicted octanol–water partition coefficient (Wildman–Crippen LogP) is 4.84. The molecule has 0 spiro atoms. The van der Waals surface area contributed by atoms with Gasteiger partial charge in [0, 0.05) is 21.3 Å². The first kappa shape index (κ1) is 15.1. The molecule has 2 nitrogen and oxygen atoms in total. The maximum atomic E-state index is 5.93. The molecular weight excluding hydrogens is 346 g/mol. The highest BCUT2D eigenvalue weighted by Gasteiger charge is 2.25. The molecule has 112 valence electrons. The van der Waals surface area contributed by atoms with Gasteiger partial charge in [-0.25, -0.2) is 0 Å². The van der Waals surface area contributed by atoms with Crippen LogP contribution in [0.15, 0.2) is 28.1 Å². The zero-order valence-electron chi connectivity index (χ0n) is 12.4.